The summed E-state index contributed by atoms with van der Waals surface area (Å²) in [6.45, 7) is 2.11. The van der Waals surface area contributed by atoms with Crippen molar-refractivity contribution in [1.82, 2.24) is 14.8 Å². The lowest BCUT2D eigenvalue weighted by Gasteiger charge is -2.34. The maximum absolute atomic E-state index is 13.1. The van der Waals surface area contributed by atoms with Crippen LogP contribution in [0.15, 0.2) is 71.0 Å². The molecule has 0 spiro atoms. The van der Waals surface area contributed by atoms with E-state index < -0.39 is 0 Å². The van der Waals surface area contributed by atoms with Gasteiger partial charge in [-0.2, -0.15) is 4.98 Å². The number of nitrogens with zero attached hydrogens (tertiary/aromatic N) is 3. The largest absolute Gasteiger partial charge is 0.457 e. The zero-order chi connectivity index (χ0) is 20.7. The molecule has 5 rings (SSSR count). The molecule has 2 heterocycles. The Morgan fingerprint density at radius 2 is 1.90 bits per heavy atom. The molecule has 0 amide bonds. The van der Waals surface area contributed by atoms with Crippen molar-refractivity contribution in [2.24, 2.45) is 5.92 Å². The molecule has 1 N–H and O–H groups in total. The molecule has 3 aromatic rings. The van der Waals surface area contributed by atoms with Crippen molar-refractivity contribution in [2.75, 3.05) is 11.6 Å². The van der Waals surface area contributed by atoms with E-state index in [1.807, 2.05) is 65.5 Å². The molecule has 2 aromatic carbocycles. The predicted octanol–water partition coefficient (Wildman–Crippen LogP) is 5.06. The number of nitrogens with one attached hydrogen (secondary N) is 1. The molecular weight excluding hydrogens is 396 g/mol. The first-order valence-electron chi connectivity index (χ1n) is 9.99. The van der Waals surface area contributed by atoms with Crippen LogP contribution in [0.4, 0.5) is 5.95 Å². The van der Waals surface area contributed by atoms with Crippen molar-refractivity contribution in [3.8, 4) is 11.5 Å². The van der Waals surface area contributed by atoms with Gasteiger partial charge in [-0.15, -0.1) is 5.10 Å². The van der Waals surface area contributed by atoms with Crippen molar-refractivity contribution in [3.63, 3.8) is 0 Å². The number of benzene rings is 2. The molecule has 1 aromatic heterocycles. The fourth-order valence-electron chi connectivity index (χ4n) is 4.15. The van der Waals surface area contributed by atoms with Gasteiger partial charge >= 0.3 is 0 Å². The molecule has 0 bridgehead atoms. The van der Waals surface area contributed by atoms with Gasteiger partial charge in [-0.25, -0.2) is 4.68 Å². The summed E-state index contributed by atoms with van der Waals surface area (Å²) in [6.07, 6.45) is 3.33. The van der Waals surface area contributed by atoms with Crippen molar-refractivity contribution in [2.45, 2.75) is 31.0 Å². The van der Waals surface area contributed by atoms with Crippen LogP contribution in [0.2, 0.25) is 0 Å². The molecule has 1 aliphatic heterocycles. The molecule has 0 saturated heterocycles. The average Bonchev–Trinajstić information content (AvgIpc) is 3.16. The van der Waals surface area contributed by atoms with E-state index >= 15 is 0 Å². The SMILES string of the molecule is CSc1nc2n(n1)[C@@H](c1cccc(Oc3ccccc3)c1)C1=C(C[C@@H](C)CC1=O)N2. The maximum Gasteiger partial charge on any atom is 0.227 e. The van der Waals surface area contributed by atoms with Crippen LogP contribution < -0.4 is 10.1 Å². The summed E-state index contributed by atoms with van der Waals surface area (Å²) in [5.41, 5.74) is 2.71. The highest BCUT2D eigenvalue weighted by atomic mass is 32.2. The van der Waals surface area contributed by atoms with Gasteiger partial charge in [0.2, 0.25) is 11.1 Å². The second-order valence-electron chi connectivity index (χ2n) is 7.71. The summed E-state index contributed by atoms with van der Waals surface area (Å²) < 4.78 is 7.87. The lowest BCUT2D eigenvalue weighted by molar-refractivity contribution is -0.117. The van der Waals surface area contributed by atoms with Gasteiger partial charge in [0.15, 0.2) is 5.78 Å². The predicted molar refractivity (Wildman–Crippen MR) is 117 cm³/mol. The zero-order valence-electron chi connectivity index (χ0n) is 16.8. The first-order chi connectivity index (χ1) is 14.6. The third-order valence-electron chi connectivity index (χ3n) is 5.44. The third kappa shape index (κ3) is 3.39. The Labute approximate surface area is 179 Å². The number of Topliss-reactive ketones (excluding diaryl/α,β-unsaturated/α-hetero) is 1. The Hall–Kier alpha value is -3.06. The quantitative estimate of drug-likeness (QED) is 0.597. The van der Waals surface area contributed by atoms with Crippen molar-refractivity contribution in [3.05, 3.63) is 71.4 Å². The molecule has 1 aliphatic carbocycles. The molecule has 30 heavy (non-hydrogen) atoms. The number of para-hydroxylation sites is 1. The van der Waals surface area contributed by atoms with E-state index in [9.17, 15) is 4.79 Å². The second-order valence-corrected chi connectivity index (χ2v) is 8.48. The number of carbonyl (C=O) groups is 1. The molecule has 0 unspecified atom stereocenters. The van der Waals surface area contributed by atoms with E-state index in [1.165, 1.54) is 11.8 Å². The van der Waals surface area contributed by atoms with Crippen molar-refractivity contribution in [1.29, 1.82) is 0 Å². The number of ketones is 1. The fraction of sp³-hybridized carbons (Fsp3) is 0.261. The van der Waals surface area contributed by atoms with Crippen LogP contribution in [0.1, 0.15) is 31.4 Å². The Morgan fingerprint density at radius 3 is 2.70 bits per heavy atom. The molecule has 6 nitrogen and oxygen atoms in total. The maximum atomic E-state index is 13.1. The zero-order valence-corrected chi connectivity index (χ0v) is 17.6. The molecule has 2 atom stereocenters. The Balaban J connectivity index is 1.60. The molecule has 0 radical (unpaired) electrons. The van der Waals surface area contributed by atoms with Gasteiger partial charge in [0, 0.05) is 17.7 Å². The molecular formula is C23H22N4O2S. The minimum Gasteiger partial charge on any atom is -0.457 e. The van der Waals surface area contributed by atoms with E-state index in [0.717, 1.165) is 34.8 Å². The van der Waals surface area contributed by atoms with Crippen LogP contribution >= 0.6 is 11.8 Å². The third-order valence-corrected chi connectivity index (χ3v) is 5.98. The molecule has 2 aliphatic rings. The number of hydrogen-bond donors (Lipinski definition) is 1. The van der Waals surface area contributed by atoms with Crippen LogP contribution in [0.25, 0.3) is 0 Å². The molecule has 0 saturated carbocycles. The van der Waals surface area contributed by atoms with Crippen LogP contribution in [0.5, 0.6) is 11.5 Å². The van der Waals surface area contributed by atoms with Crippen LogP contribution in [0.3, 0.4) is 0 Å². The highest BCUT2D eigenvalue weighted by Crippen LogP contribution is 2.42. The van der Waals surface area contributed by atoms with Crippen LogP contribution in [0, 0.1) is 5.92 Å². The minimum atomic E-state index is -0.316. The highest BCUT2D eigenvalue weighted by Gasteiger charge is 2.38. The molecule has 152 valence electrons. The number of ether oxygens (including phenoxy) is 1. The Morgan fingerprint density at radius 1 is 1.10 bits per heavy atom. The number of fused-ring (bicyclic) bond motifs is 1. The van der Waals surface area contributed by atoms with Gasteiger partial charge < -0.3 is 10.1 Å². The van der Waals surface area contributed by atoms with E-state index in [2.05, 4.69) is 22.3 Å². The lowest BCUT2D eigenvalue weighted by Crippen LogP contribution is -2.33. The smallest absolute Gasteiger partial charge is 0.227 e. The second kappa shape index (κ2) is 7.65. The van der Waals surface area contributed by atoms with Gasteiger partial charge in [0.25, 0.3) is 0 Å². The number of aromatic nitrogens is 3. The van der Waals surface area contributed by atoms with Gasteiger partial charge in [-0.1, -0.05) is 49.0 Å². The number of rotatable bonds is 4. The van der Waals surface area contributed by atoms with Gasteiger partial charge in [0.05, 0.1) is 0 Å². The Kier molecular flexibility index (Phi) is 4.83. The van der Waals surface area contributed by atoms with Crippen molar-refractivity contribution < 1.29 is 9.53 Å². The fourth-order valence-corrected chi connectivity index (χ4v) is 4.50. The summed E-state index contributed by atoms with van der Waals surface area (Å²) in [5.74, 6) is 2.66. The van der Waals surface area contributed by atoms with Crippen LogP contribution in [-0.2, 0) is 4.79 Å². The first kappa shape index (κ1) is 18.9. The van der Waals surface area contributed by atoms with Gasteiger partial charge in [-0.05, 0) is 48.4 Å². The van der Waals surface area contributed by atoms with Crippen LogP contribution in [-0.4, -0.2) is 26.8 Å². The van der Waals surface area contributed by atoms with Gasteiger partial charge in [-0.3, -0.25) is 4.79 Å². The monoisotopic (exact) mass is 418 g/mol. The van der Waals surface area contributed by atoms with E-state index in [1.54, 1.807) is 0 Å². The number of allylic oxidation sites excluding steroid dienone is 2. The van der Waals surface area contributed by atoms with E-state index in [4.69, 9.17) is 4.74 Å². The number of hydrogen-bond acceptors (Lipinski definition) is 6. The molecule has 7 heteroatoms. The Bertz CT molecular complexity index is 1140. The summed E-state index contributed by atoms with van der Waals surface area (Å²) in [7, 11) is 0. The molecule has 0 fully saturated rings. The summed E-state index contributed by atoms with van der Waals surface area (Å²) in [4.78, 5) is 17.7. The van der Waals surface area contributed by atoms with Gasteiger partial charge in [0.1, 0.15) is 17.5 Å². The normalized spacial score (nSPS) is 20.4. The number of carbonyl (C=O) groups excluding carboxylic acids is 1. The summed E-state index contributed by atoms with van der Waals surface area (Å²) in [6, 6.07) is 17.3. The number of thioether (sulfide) groups is 1. The standard InChI is InChI=1S/C23H22N4O2S/c1-14-11-18-20(19(28)12-14)21(27-22(24-18)25-23(26-27)30-2)15-7-6-10-17(13-15)29-16-8-4-3-5-9-16/h3-10,13-14,21H,11-12H2,1-2H3,(H,24,25,26)/t14-,21+/m1/s1. The summed E-state index contributed by atoms with van der Waals surface area (Å²) >= 11 is 1.49. The topological polar surface area (TPSA) is 69.0 Å². The number of anilines is 1. The minimum absolute atomic E-state index is 0.169. The van der Waals surface area contributed by atoms with E-state index in [0.29, 0.717) is 23.4 Å². The highest BCUT2D eigenvalue weighted by molar-refractivity contribution is 7.98. The first-order valence-corrected chi connectivity index (χ1v) is 11.2. The average molecular weight is 419 g/mol. The van der Waals surface area contributed by atoms with E-state index in [-0.39, 0.29) is 11.8 Å². The lowest BCUT2D eigenvalue weighted by atomic mass is 9.81. The summed E-state index contributed by atoms with van der Waals surface area (Å²) in [5, 5.41) is 8.72. The van der Waals surface area contributed by atoms with Crippen molar-refractivity contribution >= 4 is 23.5 Å².